The van der Waals surface area contributed by atoms with E-state index in [2.05, 4.69) is 29.2 Å². The highest BCUT2D eigenvalue weighted by Crippen LogP contribution is 2.32. The fourth-order valence-corrected chi connectivity index (χ4v) is 3.55. The van der Waals surface area contributed by atoms with Crippen molar-refractivity contribution in [2.75, 3.05) is 25.1 Å². The lowest BCUT2D eigenvalue weighted by Crippen LogP contribution is -2.22. The van der Waals surface area contributed by atoms with Crippen LogP contribution in [0.1, 0.15) is 17.7 Å². The highest BCUT2D eigenvalue weighted by atomic mass is 16.5. The number of methoxy groups -OCH3 is 1. The zero-order valence-corrected chi connectivity index (χ0v) is 15.3. The number of hydrogen-bond donors (Lipinski definition) is 0. The summed E-state index contributed by atoms with van der Waals surface area (Å²) in [4.78, 5) is 7.12. The molecule has 26 heavy (non-hydrogen) atoms. The first kappa shape index (κ1) is 16.9. The first-order chi connectivity index (χ1) is 12.7. The number of nitrogens with zero attached hydrogens (tertiary/aromatic N) is 2. The second-order valence-electron chi connectivity index (χ2n) is 6.83. The average molecular weight is 348 g/mol. The third kappa shape index (κ3) is 3.51. The maximum atomic E-state index is 5.97. The Morgan fingerprint density at radius 2 is 1.96 bits per heavy atom. The van der Waals surface area contributed by atoms with E-state index in [9.17, 15) is 0 Å². The number of aryl methyl sites for hydroxylation is 1. The molecule has 1 aromatic heterocycles. The number of fused-ring (bicyclic) bond motifs is 1. The molecule has 3 aromatic rings. The van der Waals surface area contributed by atoms with Crippen LogP contribution in [-0.2, 0) is 11.3 Å². The monoisotopic (exact) mass is 348 g/mol. The number of aromatic nitrogens is 1. The summed E-state index contributed by atoms with van der Waals surface area (Å²) in [5, 5.41) is 1.17. The second-order valence-corrected chi connectivity index (χ2v) is 6.83. The summed E-state index contributed by atoms with van der Waals surface area (Å²) >= 11 is 0. The van der Waals surface area contributed by atoms with Gasteiger partial charge in [-0.2, -0.15) is 0 Å². The molecule has 0 amide bonds. The molecule has 0 aliphatic carbocycles. The topological polar surface area (TPSA) is 34.6 Å². The van der Waals surface area contributed by atoms with Crippen molar-refractivity contribution in [3.8, 4) is 5.75 Å². The fraction of sp³-hybridized carbons (Fsp3) is 0.318. The number of benzene rings is 2. The van der Waals surface area contributed by atoms with Crippen LogP contribution < -0.4 is 9.64 Å². The molecule has 1 atom stereocenters. The van der Waals surface area contributed by atoms with Crippen LogP contribution in [0, 0.1) is 6.92 Å². The van der Waals surface area contributed by atoms with Crippen molar-refractivity contribution in [3.63, 3.8) is 0 Å². The molecule has 1 fully saturated rings. The van der Waals surface area contributed by atoms with Crippen molar-refractivity contribution in [3.05, 3.63) is 65.9 Å². The molecule has 0 radical (unpaired) electrons. The number of rotatable bonds is 5. The molecular weight excluding hydrogens is 324 g/mol. The predicted octanol–water partition coefficient (Wildman–Crippen LogP) is 4.35. The summed E-state index contributed by atoms with van der Waals surface area (Å²) in [6.45, 7) is 4.56. The highest BCUT2D eigenvalue weighted by molar-refractivity contribution is 5.93. The van der Waals surface area contributed by atoms with E-state index >= 15 is 0 Å². The number of ether oxygens (including phenoxy) is 2. The van der Waals surface area contributed by atoms with Gasteiger partial charge in [0.1, 0.15) is 12.4 Å². The number of anilines is 1. The summed E-state index contributed by atoms with van der Waals surface area (Å²) in [7, 11) is 1.79. The highest BCUT2D eigenvalue weighted by Gasteiger charge is 2.24. The standard InChI is InChI=1S/C22H24N2O2/c1-16-12-22(24-11-10-19(14-24)25-2)20-9-8-18(13-21(20)23-16)26-15-17-6-4-3-5-7-17/h3-9,12-13,19H,10-11,14-15H2,1-2H3. The molecule has 134 valence electrons. The molecule has 0 spiro atoms. The quantitative estimate of drug-likeness (QED) is 0.687. The Morgan fingerprint density at radius 3 is 2.73 bits per heavy atom. The van der Waals surface area contributed by atoms with E-state index in [0.717, 1.165) is 42.0 Å². The van der Waals surface area contributed by atoms with Crippen LogP contribution in [0.5, 0.6) is 5.75 Å². The van der Waals surface area contributed by atoms with Gasteiger partial charge >= 0.3 is 0 Å². The van der Waals surface area contributed by atoms with Gasteiger partial charge in [-0.1, -0.05) is 30.3 Å². The Bertz CT molecular complexity index is 895. The Balaban J connectivity index is 1.60. The lowest BCUT2D eigenvalue weighted by Gasteiger charge is -2.21. The summed E-state index contributed by atoms with van der Waals surface area (Å²) in [6.07, 6.45) is 1.38. The predicted molar refractivity (Wildman–Crippen MR) is 105 cm³/mol. The molecule has 1 aliphatic heterocycles. The summed E-state index contributed by atoms with van der Waals surface area (Å²) in [6, 6.07) is 18.6. The van der Waals surface area contributed by atoms with Crippen molar-refractivity contribution >= 4 is 16.6 Å². The summed E-state index contributed by atoms with van der Waals surface area (Å²) in [5.41, 5.74) is 4.40. The minimum Gasteiger partial charge on any atom is -0.489 e. The third-order valence-corrected chi connectivity index (χ3v) is 4.95. The van der Waals surface area contributed by atoms with E-state index < -0.39 is 0 Å². The second kappa shape index (κ2) is 7.34. The van der Waals surface area contributed by atoms with Gasteiger partial charge in [-0.3, -0.25) is 4.98 Å². The molecule has 1 unspecified atom stereocenters. The van der Waals surface area contributed by atoms with Gasteiger partial charge in [0, 0.05) is 43.0 Å². The number of hydrogen-bond acceptors (Lipinski definition) is 4. The van der Waals surface area contributed by atoms with Crippen LogP contribution in [-0.4, -0.2) is 31.3 Å². The largest absolute Gasteiger partial charge is 0.489 e. The molecule has 1 aliphatic rings. The van der Waals surface area contributed by atoms with Crippen LogP contribution in [0.25, 0.3) is 10.9 Å². The zero-order chi connectivity index (χ0) is 17.9. The van der Waals surface area contributed by atoms with E-state index in [1.165, 1.54) is 11.1 Å². The van der Waals surface area contributed by atoms with Crippen LogP contribution in [0.15, 0.2) is 54.6 Å². The molecule has 0 N–H and O–H groups in total. The van der Waals surface area contributed by atoms with E-state index in [1.807, 2.05) is 37.3 Å². The molecule has 4 rings (SSSR count). The van der Waals surface area contributed by atoms with Gasteiger partial charge < -0.3 is 14.4 Å². The lowest BCUT2D eigenvalue weighted by molar-refractivity contribution is 0.121. The van der Waals surface area contributed by atoms with Crippen molar-refractivity contribution in [1.82, 2.24) is 4.98 Å². The molecule has 4 nitrogen and oxygen atoms in total. The van der Waals surface area contributed by atoms with E-state index in [-0.39, 0.29) is 0 Å². The normalized spacial score (nSPS) is 17.0. The SMILES string of the molecule is COC1CCN(c2cc(C)nc3cc(OCc4ccccc4)ccc23)C1. The van der Waals surface area contributed by atoms with E-state index in [1.54, 1.807) is 7.11 Å². The molecule has 2 aromatic carbocycles. The van der Waals surface area contributed by atoms with Gasteiger partial charge in [0.15, 0.2) is 0 Å². The van der Waals surface area contributed by atoms with Crippen molar-refractivity contribution in [2.24, 2.45) is 0 Å². The van der Waals surface area contributed by atoms with Gasteiger partial charge in [0.05, 0.1) is 11.6 Å². The summed E-state index contributed by atoms with van der Waals surface area (Å²) in [5.74, 6) is 0.849. The van der Waals surface area contributed by atoms with Crippen LogP contribution >= 0.6 is 0 Å². The number of pyridine rings is 1. The Kier molecular flexibility index (Phi) is 4.76. The van der Waals surface area contributed by atoms with Gasteiger partial charge in [-0.05, 0) is 37.1 Å². The molecule has 0 bridgehead atoms. The van der Waals surface area contributed by atoms with Crippen LogP contribution in [0.2, 0.25) is 0 Å². The zero-order valence-electron chi connectivity index (χ0n) is 15.3. The molecule has 4 heteroatoms. The average Bonchev–Trinajstić information content (AvgIpc) is 3.15. The Labute approximate surface area is 154 Å². The first-order valence-electron chi connectivity index (χ1n) is 9.09. The first-order valence-corrected chi connectivity index (χ1v) is 9.09. The minimum atomic E-state index is 0.312. The third-order valence-electron chi connectivity index (χ3n) is 4.95. The van der Waals surface area contributed by atoms with E-state index in [4.69, 9.17) is 14.5 Å². The van der Waals surface area contributed by atoms with Gasteiger partial charge in [-0.15, -0.1) is 0 Å². The van der Waals surface area contributed by atoms with Crippen molar-refractivity contribution in [1.29, 1.82) is 0 Å². The van der Waals surface area contributed by atoms with Crippen molar-refractivity contribution < 1.29 is 9.47 Å². The minimum absolute atomic E-state index is 0.312. The van der Waals surface area contributed by atoms with E-state index in [0.29, 0.717) is 12.7 Å². The van der Waals surface area contributed by atoms with Gasteiger partial charge in [0.2, 0.25) is 0 Å². The molecule has 0 saturated carbocycles. The van der Waals surface area contributed by atoms with Gasteiger partial charge in [0.25, 0.3) is 0 Å². The molecule has 2 heterocycles. The maximum Gasteiger partial charge on any atom is 0.122 e. The summed E-state index contributed by atoms with van der Waals surface area (Å²) < 4.78 is 11.5. The maximum absolute atomic E-state index is 5.97. The molecular formula is C22H24N2O2. The van der Waals surface area contributed by atoms with Gasteiger partial charge in [-0.25, -0.2) is 0 Å². The Hall–Kier alpha value is -2.59. The fourth-order valence-electron chi connectivity index (χ4n) is 3.55. The smallest absolute Gasteiger partial charge is 0.122 e. The Morgan fingerprint density at radius 1 is 1.12 bits per heavy atom. The molecule has 1 saturated heterocycles. The van der Waals surface area contributed by atoms with Crippen LogP contribution in [0.3, 0.4) is 0 Å². The lowest BCUT2D eigenvalue weighted by atomic mass is 10.1. The van der Waals surface area contributed by atoms with Crippen LogP contribution in [0.4, 0.5) is 5.69 Å². The van der Waals surface area contributed by atoms with Crippen molar-refractivity contribution in [2.45, 2.75) is 26.1 Å².